The summed E-state index contributed by atoms with van der Waals surface area (Å²) in [6.07, 6.45) is 3.19. The molecule has 11 heteroatoms. The molecule has 0 fully saturated rings. The van der Waals surface area contributed by atoms with E-state index in [-0.39, 0.29) is 23.0 Å². The van der Waals surface area contributed by atoms with Crippen molar-refractivity contribution in [3.63, 3.8) is 0 Å². The van der Waals surface area contributed by atoms with E-state index in [0.29, 0.717) is 17.1 Å². The number of aromatic nitrogens is 2. The van der Waals surface area contributed by atoms with E-state index in [1.54, 1.807) is 54.2 Å². The minimum absolute atomic E-state index is 0.00432. The Bertz CT molecular complexity index is 1750. The zero-order valence-electron chi connectivity index (χ0n) is 22.9. The number of nitrogens with zero attached hydrogens (tertiary/aromatic N) is 2. The van der Waals surface area contributed by atoms with Crippen LogP contribution in [0.1, 0.15) is 16.7 Å². The fourth-order valence-corrected chi connectivity index (χ4v) is 4.82. The SMILES string of the molecule is COc1cc(/C=c2\[nH]c(=O)/c(=C/c3ccc(SCCN(C)C)cc3)[nH]c2=O)ccc1OCc1ccc([N+](=O)[O-])cc1. The van der Waals surface area contributed by atoms with Crippen LogP contribution >= 0.6 is 11.8 Å². The largest absolute Gasteiger partial charge is 0.493 e. The first-order valence-corrected chi connectivity index (χ1v) is 13.7. The lowest BCUT2D eigenvalue weighted by Crippen LogP contribution is -2.46. The molecule has 0 unspecified atom stereocenters. The molecule has 0 aliphatic rings. The molecule has 0 saturated carbocycles. The molecule has 1 aromatic heterocycles. The Morgan fingerprint density at radius 3 is 2.07 bits per heavy atom. The predicted molar refractivity (Wildman–Crippen MR) is 160 cm³/mol. The van der Waals surface area contributed by atoms with Crippen molar-refractivity contribution in [1.29, 1.82) is 0 Å². The van der Waals surface area contributed by atoms with E-state index >= 15 is 0 Å². The first-order valence-electron chi connectivity index (χ1n) is 12.7. The Morgan fingerprint density at radius 2 is 1.49 bits per heavy atom. The summed E-state index contributed by atoms with van der Waals surface area (Å²) in [7, 11) is 5.57. The molecule has 0 bridgehead atoms. The predicted octanol–water partition coefficient (Wildman–Crippen LogP) is 2.87. The Morgan fingerprint density at radius 1 is 0.878 bits per heavy atom. The number of H-pyrrole nitrogens is 2. The van der Waals surface area contributed by atoms with Gasteiger partial charge in [-0.2, -0.15) is 0 Å². The van der Waals surface area contributed by atoms with Crippen molar-refractivity contribution >= 4 is 29.6 Å². The van der Waals surface area contributed by atoms with Crippen LogP contribution in [0, 0.1) is 10.1 Å². The van der Waals surface area contributed by atoms with Crippen molar-refractivity contribution in [1.82, 2.24) is 14.9 Å². The molecule has 1 heterocycles. The van der Waals surface area contributed by atoms with Gasteiger partial charge >= 0.3 is 0 Å². The number of nitro benzene ring substituents is 1. The molecule has 0 radical (unpaired) electrons. The van der Waals surface area contributed by atoms with Crippen LogP contribution in [0.3, 0.4) is 0 Å². The molecule has 0 aliphatic heterocycles. The van der Waals surface area contributed by atoms with E-state index in [0.717, 1.165) is 28.3 Å². The van der Waals surface area contributed by atoms with Crippen molar-refractivity contribution in [3.8, 4) is 11.5 Å². The summed E-state index contributed by atoms with van der Waals surface area (Å²) in [6.45, 7) is 1.16. The zero-order chi connectivity index (χ0) is 29.4. The van der Waals surface area contributed by atoms with Gasteiger partial charge in [0.25, 0.3) is 16.8 Å². The maximum Gasteiger partial charge on any atom is 0.272 e. The Balaban J connectivity index is 1.50. The van der Waals surface area contributed by atoms with Crippen LogP contribution in [-0.2, 0) is 6.61 Å². The number of hydrogen-bond donors (Lipinski definition) is 2. The lowest BCUT2D eigenvalue weighted by atomic mass is 10.2. The molecule has 2 N–H and O–H groups in total. The maximum absolute atomic E-state index is 12.8. The summed E-state index contributed by atoms with van der Waals surface area (Å²) >= 11 is 1.76. The van der Waals surface area contributed by atoms with E-state index in [1.165, 1.54) is 19.2 Å². The molecule has 0 atom stereocenters. The third kappa shape index (κ3) is 8.19. The van der Waals surface area contributed by atoms with Gasteiger partial charge in [0.05, 0.1) is 12.0 Å². The van der Waals surface area contributed by atoms with Crippen LogP contribution in [0.4, 0.5) is 5.69 Å². The lowest BCUT2D eigenvalue weighted by molar-refractivity contribution is -0.384. The molecule has 41 heavy (non-hydrogen) atoms. The second kappa shape index (κ2) is 13.6. The summed E-state index contributed by atoms with van der Waals surface area (Å²) in [5, 5.41) is 11.1. The van der Waals surface area contributed by atoms with Gasteiger partial charge in [0.1, 0.15) is 17.3 Å². The first-order chi connectivity index (χ1) is 19.7. The highest BCUT2D eigenvalue weighted by Crippen LogP contribution is 2.29. The van der Waals surface area contributed by atoms with Gasteiger partial charge < -0.3 is 24.3 Å². The molecule has 0 amide bonds. The average molecular weight is 575 g/mol. The van der Waals surface area contributed by atoms with E-state index in [2.05, 4.69) is 14.9 Å². The quantitative estimate of drug-likeness (QED) is 0.159. The van der Waals surface area contributed by atoms with E-state index in [1.807, 2.05) is 38.4 Å². The standard InChI is InChI=1S/C30H30N4O6S/c1-33(2)14-15-41-24-11-6-20(7-12-24)16-25-29(35)32-26(30(36)31-25)17-22-8-13-27(28(18-22)39-3)40-19-21-4-9-23(10-5-21)34(37)38/h4-13,16-18H,14-15,19H2,1-3H3,(H,31,36)(H,32,35)/b25-16-,26-17-. The minimum atomic E-state index is -0.459. The van der Waals surface area contributed by atoms with Crippen molar-refractivity contribution in [2.45, 2.75) is 11.5 Å². The summed E-state index contributed by atoms with van der Waals surface area (Å²) < 4.78 is 11.3. The van der Waals surface area contributed by atoms with Gasteiger partial charge in [0.15, 0.2) is 11.5 Å². The number of thioether (sulfide) groups is 1. The van der Waals surface area contributed by atoms with Gasteiger partial charge in [-0.05, 0) is 79.3 Å². The highest BCUT2D eigenvalue weighted by atomic mass is 32.2. The molecule has 0 spiro atoms. The Kier molecular flexibility index (Phi) is 9.77. The number of methoxy groups -OCH3 is 1. The number of ether oxygens (including phenoxy) is 2. The summed E-state index contributed by atoms with van der Waals surface area (Å²) in [4.78, 5) is 44.5. The molecular weight excluding hydrogens is 544 g/mol. The van der Waals surface area contributed by atoms with E-state index in [4.69, 9.17) is 9.47 Å². The van der Waals surface area contributed by atoms with Gasteiger partial charge in [-0.1, -0.05) is 18.2 Å². The number of benzene rings is 3. The molecule has 4 rings (SSSR count). The van der Waals surface area contributed by atoms with E-state index in [9.17, 15) is 19.7 Å². The number of non-ortho nitro benzene ring substituents is 1. The molecule has 10 nitrogen and oxygen atoms in total. The highest BCUT2D eigenvalue weighted by Gasteiger charge is 2.08. The van der Waals surface area contributed by atoms with Crippen LogP contribution in [-0.4, -0.2) is 53.3 Å². The molecule has 3 aromatic carbocycles. The summed E-state index contributed by atoms with van der Waals surface area (Å²) in [6, 6.07) is 19.0. The second-order valence-electron chi connectivity index (χ2n) is 9.37. The third-order valence-electron chi connectivity index (χ3n) is 6.02. The lowest BCUT2D eigenvalue weighted by Gasteiger charge is -2.11. The number of nitrogens with one attached hydrogen (secondary N) is 2. The van der Waals surface area contributed by atoms with Crippen LogP contribution in [0.25, 0.3) is 12.2 Å². The van der Waals surface area contributed by atoms with Crippen molar-refractivity contribution in [2.75, 3.05) is 33.5 Å². The van der Waals surface area contributed by atoms with Gasteiger partial charge in [-0.3, -0.25) is 19.7 Å². The number of aromatic amines is 2. The molecular formula is C30H30N4O6S. The fourth-order valence-electron chi connectivity index (χ4n) is 3.80. The Hall–Kier alpha value is -4.61. The van der Waals surface area contributed by atoms with Crippen molar-refractivity contribution < 1.29 is 14.4 Å². The third-order valence-corrected chi connectivity index (χ3v) is 7.02. The smallest absolute Gasteiger partial charge is 0.272 e. The topological polar surface area (TPSA) is 131 Å². The second-order valence-corrected chi connectivity index (χ2v) is 10.5. The zero-order valence-corrected chi connectivity index (χ0v) is 23.7. The summed E-state index contributed by atoms with van der Waals surface area (Å²) in [5.74, 6) is 1.86. The average Bonchev–Trinajstić information content (AvgIpc) is 2.95. The highest BCUT2D eigenvalue weighted by molar-refractivity contribution is 7.99. The van der Waals surface area contributed by atoms with Gasteiger partial charge in [0, 0.05) is 29.3 Å². The molecule has 0 saturated heterocycles. The van der Waals surface area contributed by atoms with Crippen LogP contribution in [0.15, 0.2) is 81.2 Å². The fraction of sp³-hybridized carbons (Fsp3) is 0.200. The van der Waals surface area contributed by atoms with Gasteiger partial charge in [0.2, 0.25) is 0 Å². The van der Waals surface area contributed by atoms with Gasteiger partial charge in [-0.25, -0.2) is 0 Å². The maximum atomic E-state index is 12.8. The van der Waals surface area contributed by atoms with Crippen LogP contribution in [0.2, 0.25) is 0 Å². The van der Waals surface area contributed by atoms with Gasteiger partial charge in [-0.15, -0.1) is 11.8 Å². The van der Waals surface area contributed by atoms with Crippen LogP contribution in [0.5, 0.6) is 11.5 Å². The molecule has 4 aromatic rings. The summed E-state index contributed by atoms with van der Waals surface area (Å²) in [5.41, 5.74) is 1.31. The molecule has 0 aliphatic carbocycles. The van der Waals surface area contributed by atoms with Crippen LogP contribution < -0.4 is 31.3 Å². The number of hydrogen-bond acceptors (Lipinski definition) is 8. The number of nitro groups is 1. The van der Waals surface area contributed by atoms with E-state index < -0.39 is 16.0 Å². The van der Waals surface area contributed by atoms with Crippen molar-refractivity contribution in [2.24, 2.45) is 0 Å². The monoisotopic (exact) mass is 574 g/mol. The normalized spacial score (nSPS) is 12.1. The molecule has 212 valence electrons. The first kappa shape index (κ1) is 29.4. The Labute approximate surface area is 240 Å². The van der Waals surface area contributed by atoms with Crippen molar-refractivity contribution in [3.05, 3.63) is 125 Å². The number of rotatable bonds is 11. The minimum Gasteiger partial charge on any atom is -0.493 e.